The van der Waals surface area contributed by atoms with Crippen LogP contribution in [0.4, 0.5) is 0 Å². The summed E-state index contributed by atoms with van der Waals surface area (Å²) in [4.78, 5) is 0.342. The summed E-state index contributed by atoms with van der Waals surface area (Å²) in [5, 5.41) is 1.38. The van der Waals surface area contributed by atoms with Crippen molar-refractivity contribution in [2.75, 3.05) is 0 Å². The Morgan fingerprint density at radius 3 is 2.30 bits per heavy atom. The van der Waals surface area contributed by atoms with Crippen LogP contribution in [0.3, 0.4) is 0 Å². The highest BCUT2D eigenvalue weighted by Gasteiger charge is 2.40. The topological polar surface area (TPSA) is 37.4 Å². The second kappa shape index (κ2) is 11.3. The van der Waals surface area contributed by atoms with E-state index in [0.29, 0.717) is 18.0 Å². The molecule has 0 aromatic heterocycles. The van der Waals surface area contributed by atoms with Gasteiger partial charge in [-0.1, -0.05) is 112 Å². The number of rotatable bonds is 4. The zero-order valence-corrected chi connectivity index (χ0v) is 31.2. The van der Waals surface area contributed by atoms with Gasteiger partial charge in [0, 0.05) is 27.6 Å². The highest BCUT2D eigenvalue weighted by atomic mass is 79.9. The summed E-state index contributed by atoms with van der Waals surface area (Å²) in [6, 6.07) is 26.3. The molecule has 2 heterocycles. The Bertz CT molecular complexity index is 1940. The SMILES string of the molecule is Cc1ccc(S(=O)(=O)N2Cc3cc4c(c(C#C[Si](C)(C)Cc5ccccc5Br)c3C2)[Si](C)(C)Cc2c(Br)cccc2-4)cc1. The Kier molecular flexibility index (Phi) is 8.06. The fourth-order valence-corrected chi connectivity index (χ4v) is 14.4. The third-order valence-corrected chi connectivity index (χ3v) is 17.2. The Morgan fingerprint density at radius 2 is 1.58 bits per heavy atom. The van der Waals surface area contributed by atoms with Crippen LogP contribution >= 0.6 is 31.9 Å². The molecule has 0 amide bonds. The minimum Gasteiger partial charge on any atom is -0.207 e. The molecule has 3 nitrogen and oxygen atoms in total. The van der Waals surface area contributed by atoms with Gasteiger partial charge < -0.3 is 0 Å². The van der Waals surface area contributed by atoms with E-state index in [0.717, 1.165) is 43.3 Å². The monoisotopic (exact) mass is 747 g/mol. The molecule has 0 N–H and O–H groups in total. The molecule has 0 saturated carbocycles. The van der Waals surface area contributed by atoms with Gasteiger partial charge in [0.1, 0.15) is 8.07 Å². The molecule has 2 aliphatic rings. The maximum absolute atomic E-state index is 13.9. The van der Waals surface area contributed by atoms with E-state index in [9.17, 15) is 8.42 Å². The number of aryl methyl sites for hydroxylation is 1. The van der Waals surface area contributed by atoms with Crippen LogP contribution < -0.4 is 5.19 Å². The molecule has 0 aliphatic carbocycles. The van der Waals surface area contributed by atoms with Crippen LogP contribution in [0, 0.1) is 18.4 Å². The van der Waals surface area contributed by atoms with Crippen LogP contribution in [0.5, 0.6) is 0 Å². The molecule has 220 valence electrons. The number of sulfonamides is 1. The average molecular weight is 750 g/mol. The lowest BCUT2D eigenvalue weighted by atomic mass is 9.93. The van der Waals surface area contributed by atoms with Crippen molar-refractivity contribution in [3.8, 4) is 22.6 Å². The van der Waals surface area contributed by atoms with E-state index in [1.807, 2.05) is 25.1 Å². The zero-order chi connectivity index (χ0) is 30.7. The van der Waals surface area contributed by atoms with Gasteiger partial charge in [0.15, 0.2) is 0 Å². The number of fused-ring (bicyclic) bond motifs is 4. The summed E-state index contributed by atoms with van der Waals surface area (Å²) < 4.78 is 31.6. The summed E-state index contributed by atoms with van der Waals surface area (Å²) >= 11 is 7.57. The number of nitrogens with zero attached hydrogens (tertiary/aromatic N) is 1. The van der Waals surface area contributed by atoms with E-state index >= 15 is 0 Å². The third-order valence-electron chi connectivity index (χ3n) is 8.69. The molecule has 0 atom stereocenters. The first-order valence-corrected chi connectivity index (χ1v) is 24.0. The van der Waals surface area contributed by atoms with E-state index in [1.54, 1.807) is 16.4 Å². The molecule has 43 heavy (non-hydrogen) atoms. The lowest BCUT2D eigenvalue weighted by Gasteiger charge is -2.35. The standard InChI is InChI=1S/C35H35Br2NO2SSi2/c1-24-13-15-27(16-14-24)41(39,40)38-20-26-19-30-28-10-8-12-34(37)32(28)23-43(4,5)35(30)29(31(26)21-38)17-18-42(2,3)22-25-9-6-7-11-33(25)36/h6-16,19H,20-23H2,1-5H3. The second-order valence-electron chi connectivity index (χ2n) is 13.1. The van der Waals surface area contributed by atoms with Crippen molar-refractivity contribution < 1.29 is 8.42 Å². The van der Waals surface area contributed by atoms with Crippen molar-refractivity contribution in [3.05, 3.63) is 115 Å². The molecule has 4 aromatic carbocycles. The van der Waals surface area contributed by atoms with Gasteiger partial charge in [-0.05, 0) is 87.9 Å². The molecule has 0 unspecified atom stereocenters. The summed E-state index contributed by atoms with van der Waals surface area (Å²) in [7, 11) is -7.64. The maximum Gasteiger partial charge on any atom is 0.243 e. The van der Waals surface area contributed by atoms with Crippen molar-refractivity contribution in [1.29, 1.82) is 0 Å². The molecular weight excluding hydrogens is 714 g/mol. The lowest BCUT2D eigenvalue weighted by Crippen LogP contribution is -2.50. The van der Waals surface area contributed by atoms with E-state index in [4.69, 9.17) is 0 Å². The predicted octanol–water partition coefficient (Wildman–Crippen LogP) is 8.28. The van der Waals surface area contributed by atoms with Gasteiger partial charge >= 0.3 is 0 Å². The van der Waals surface area contributed by atoms with Crippen molar-refractivity contribution >= 4 is 63.2 Å². The molecule has 4 aromatic rings. The second-order valence-corrected chi connectivity index (χ2v) is 25.8. The van der Waals surface area contributed by atoms with Gasteiger partial charge in [-0.3, -0.25) is 0 Å². The van der Waals surface area contributed by atoms with Gasteiger partial charge in [-0.15, -0.1) is 5.54 Å². The molecule has 0 fully saturated rings. The Labute approximate surface area is 275 Å². The summed E-state index contributed by atoms with van der Waals surface area (Å²) in [5.74, 6) is 3.77. The van der Waals surface area contributed by atoms with Crippen LogP contribution in [-0.2, 0) is 35.2 Å². The number of hydrogen-bond acceptors (Lipinski definition) is 2. The summed E-state index contributed by atoms with van der Waals surface area (Å²) in [6.45, 7) is 12.2. The number of halogens is 2. The zero-order valence-electron chi connectivity index (χ0n) is 25.2. The van der Waals surface area contributed by atoms with Gasteiger partial charge in [-0.2, -0.15) is 4.31 Å². The average Bonchev–Trinajstić information content (AvgIpc) is 3.38. The summed E-state index contributed by atoms with van der Waals surface area (Å²) in [6.07, 6.45) is 0. The molecule has 0 bridgehead atoms. The first-order valence-electron chi connectivity index (χ1n) is 14.6. The predicted molar refractivity (Wildman–Crippen MR) is 190 cm³/mol. The molecule has 6 rings (SSSR count). The highest BCUT2D eigenvalue weighted by Crippen LogP contribution is 2.41. The fraction of sp³-hybridized carbons (Fsp3) is 0.257. The normalized spacial score (nSPS) is 15.7. The molecule has 0 saturated heterocycles. The Balaban J connectivity index is 1.52. The van der Waals surface area contributed by atoms with Gasteiger partial charge in [-0.25, -0.2) is 8.42 Å². The molecular formula is C35H35Br2NO2SSi2. The van der Waals surface area contributed by atoms with Crippen molar-refractivity contribution in [2.24, 2.45) is 0 Å². The summed E-state index contributed by atoms with van der Waals surface area (Å²) in [5.41, 5.74) is 13.2. The minimum atomic E-state index is -3.66. The van der Waals surface area contributed by atoms with Crippen LogP contribution in [0.25, 0.3) is 11.1 Å². The quantitative estimate of drug-likeness (QED) is 0.156. The minimum absolute atomic E-state index is 0.342. The van der Waals surface area contributed by atoms with E-state index in [1.165, 1.54) is 27.4 Å². The molecule has 8 heteroatoms. The van der Waals surface area contributed by atoms with Crippen molar-refractivity contribution in [3.63, 3.8) is 0 Å². The van der Waals surface area contributed by atoms with E-state index in [-0.39, 0.29) is 0 Å². The third kappa shape index (κ3) is 5.81. The van der Waals surface area contributed by atoms with Gasteiger partial charge in [0.25, 0.3) is 0 Å². The van der Waals surface area contributed by atoms with Crippen molar-refractivity contribution in [1.82, 2.24) is 4.31 Å². The van der Waals surface area contributed by atoms with E-state index < -0.39 is 26.2 Å². The number of hydrogen-bond donors (Lipinski definition) is 0. The molecule has 0 radical (unpaired) electrons. The molecule has 2 aliphatic heterocycles. The highest BCUT2D eigenvalue weighted by molar-refractivity contribution is 9.10. The van der Waals surface area contributed by atoms with Gasteiger partial charge in [0.2, 0.25) is 10.0 Å². The van der Waals surface area contributed by atoms with Crippen molar-refractivity contribution in [2.45, 2.75) is 63.2 Å². The first-order chi connectivity index (χ1) is 20.3. The Hall–Kier alpha value is -2.26. The number of benzene rings is 4. The van der Waals surface area contributed by atoms with Gasteiger partial charge in [0.05, 0.1) is 13.0 Å². The van der Waals surface area contributed by atoms with Crippen LogP contribution in [0.2, 0.25) is 26.2 Å². The maximum atomic E-state index is 13.9. The molecule has 0 spiro atoms. The smallest absolute Gasteiger partial charge is 0.207 e. The largest absolute Gasteiger partial charge is 0.243 e. The van der Waals surface area contributed by atoms with Crippen LogP contribution in [0.15, 0.2) is 86.6 Å². The fourth-order valence-electron chi connectivity index (χ4n) is 6.52. The van der Waals surface area contributed by atoms with Crippen LogP contribution in [0.1, 0.15) is 33.4 Å². The first kappa shape index (κ1) is 30.8. The Morgan fingerprint density at radius 1 is 0.884 bits per heavy atom. The van der Waals surface area contributed by atoms with E-state index in [2.05, 4.69) is 112 Å². The lowest BCUT2D eigenvalue weighted by molar-refractivity contribution is 0.431. The van der Waals surface area contributed by atoms with Crippen LogP contribution in [-0.4, -0.2) is 28.9 Å².